The van der Waals surface area contributed by atoms with Crippen LogP contribution in [-0.4, -0.2) is 26.3 Å². The molecule has 0 radical (unpaired) electrons. The van der Waals surface area contributed by atoms with Crippen LogP contribution in [0.1, 0.15) is 26.3 Å². The maximum Gasteiger partial charge on any atom is 0.330 e. The molecule has 4 nitrogen and oxygen atoms in total. The second-order valence-electron chi connectivity index (χ2n) is 4.70. The summed E-state index contributed by atoms with van der Waals surface area (Å²) in [5, 5.41) is 0. The first kappa shape index (κ1) is 16.1. The number of ether oxygens (including phenoxy) is 3. The van der Waals surface area contributed by atoms with Crippen LogP contribution in [0.25, 0.3) is 6.08 Å². The van der Waals surface area contributed by atoms with E-state index in [1.54, 1.807) is 20.1 Å². The zero-order chi connectivity index (χ0) is 15.0. The molecule has 20 heavy (non-hydrogen) atoms. The lowest BCUT2D eigenvalue weighted by Gasteiger charge is -2.12. The van der Waals surface area contributed by atoms with Gasteiger partial charge in [0.15, 0.2) is 11.5 Å². The molecule has 0 aliphatic carbocycles. The first-order valence-electron chi connectivity index (χ1n) is 6.72. The van der Waals surface area contributed by atoms with Crippen molar-refractivity contribution in [1.29, 1.82) is 0 Å². The lowest BCUT2D eigenvalue weighted by molar-refractivity contribution is -0.137. The average molecular weight is 278 g/mol. The lowest BCUT2D eigenvalue weighted by atomic mass is 10.2. The fourth-order valence-electron chi connectivity index (χ4n) is 1.52. The van der Waals surface area contributed by atoms with Crippen molar-refractivity contribution >= 4 is 12.0 Å². The fourth-order valence-corrected chi connectivity index (χ4v) is 1.52. The molecule has 0 heterocycles. The molecule has 0 N–H and O–H groups in total. The Morgan fingerprint density at radius 1 is 1.30 bits per heavy atom. The number of benzene rings is 1. The van der Waals surface area contributed by atoms with E-state index in [-0.39, 0.29) is 5.97 Å². The maximum absolute atomic E-state index is 11.3. The van der Waals surface area contributed by atoms with Crippen molar-refractivity contribution in [1.82, 2.24) is 0 Å². The number of carbonyl (C=O) groups excluding carboxylic acids is 1. The van der Waals surface area contributed by atoms with Gasteiger partial charge in [0.05, 0.1) is 20.3 Å². The Labute approximate surface area is 120 Å². The van der Waals surface area contributed by atoms with Gasteiger partial charge in [-0.1, -0.05) is 19.9 Å². The van der Waals surface area contributed by atoms with Crippen LogP contribution in [-0.2, 0) is 9.53 Å². The van der Waals surface area contributed by atoms with Crippen LogP contribution in [0.15, 0.2) is 24.3 Å². The number of methoxy groups -OCH3 is 1. The Bertz CT molecular complexity index is 464. The molecule has 0 fully saturated rings. The normalized spacial score (nSPS) is 10.8. The highest BCUT2D eigenvalue weighted by Gasteiger charge is 2.06. The van der Waals surface area contributed by atoms with Gasteiger partial charge in [0.1, 0.15) is 0 Å². The zero-order valence-corrected chi connectivity index (χ0v) is 12.5. The number of carbonyl (C=O) groups is 1. The molecule has 1 aromatic carbocycles. The summed E-state index contributed by atoms with van der Waals surface area (Å²) in [5.41, 5.74) is 0.854. The molecule has 0 bridgehead atoms. The summed E-state index contributed by atoms with van der Waals surface area (Å²) >= 11 is 0. The Balaban J connectivity index is 2.78. The van der Waals surface area contributed by atoms with E-state index in [1.165, 1.54) is 6.08 Å². The molecule has 0 saturated heterocycles. The minimum Gasteiger partial charge on any atom is -0.493 e. The Hall–Kier alpha value is -1.97. The molecule has 0 atom stereocenters. The van der Waals surface area contributed by atoms with Crippen molar-refractivity contribution in [3.05, 3.63) is 29.8 Å². The highest BCUT2D eigenvalue weighted by molar-refractivity contribution is 5.87. The number of hydrogen-bond donors (Lipinski definition) is 0. The van der Waals surface area contributed by atoms with Crippen LogP contribution in [0.3, 0.4) is 0 Å². The van der Waals surface area contributed by atoms with Crippen LogP contribution in [0.5, 0.6) is 11.5 Å². The van der Waals surface area contributed by atoms with E-state index in [1.807, 2.05) is 18.2 Å². The molecule has 0 aliphatic heterocycles. The van der Waals surface area contributed by atoms with Crippen molar-refractivity contribution in [2.75, 3.05) is 20.3 Å². The van der Waals surface area contributed by atoms with Gasteiger partial charge in [-0.25, -0.2) is 4.79 Å². The molecule has 4 heteroatoms. The molecule has 110 valence electrons. The van der Waals surface area contributed by atoms with Crippen LogP contribution >= 0.6 is 0 Å². The van der Waals surface area contributed by atoms with Crippen molar-refractivity contribution in [3.63, 3.8) is 0 Å². The van der Waals surface area contributed by atoms with Crippen LogP contribution in [0, 0.1) is 5.92 Å². The van der Waals surface area contributed by atoms with Crippen LogP contribution in [0.2, 0.25) is 0 Å². The van der Waals surface area contributed by atoms with Gasteiger partial charge in [0, 0.05) is 6.08 Å². The molecule has 0 saturated carbocycles. The van der Waals surface area contributed by atoms with E-state index in [0.717, 1.165) is 5.56 Å². The lowest BCUT2D eigenvalue weighted by Crippen LogP contribution is -2.05. The Morgan fingerprint density at radius 2 is 2.05 bits per heavy atom. The molecule has 1 aromatic rings. The molecular weight excluding hydrogens is 256 g/mol. The van der Waals surface area contributed by atoms with Gasteiger partial charge in [0.25, 0.3) is 0 Å². The average Bonchev–Trinajstić information content (AvgIpc) is 2.43. The highest BCUT2D eigenvalue weighted by atomic mass is 16.5. The molecule has 1 rings (SSSR count). The Kier molecular flexibility index (Phi) is 6.64. The van der Waals surface area contributed by atoms with Gasteiger partial charge in [-0.05, 0) is 36.6 Å². The van der Waals surface area contributed by atoms with Gasteiger partial charge in [0.2, 0.25) is 0 Å². The second kappa shape index (κ2) is 8.25. The van der Waals surface area contributed by atoms with Crippen LogP contribution < -0.4 is 9.47 Å². The van der Waals surface area contributed by atoms with Gasteiger partial charge in [-0.15, -0.1) is 0 Å². The second-order valence-corrected chi connectivity index (χ2v) is 4.70. The zero-order valence-electron chi connectivity index (χ0n) is 12.5. The van der Waals surface area contributed by atoms with Crippen LogP contribution in [0.4, 0.5) is 0 Å². The van der Waals surface area contributed by atoms with E-state index < -0.39 is 0 Å². The van der Waals surface area contributed by atoms with E-state index in [0.29, 0.717) is 30.6 Å². The summed E-state index contributed by atoms with van der Waals surface area (Å²) in [6, 6.07) is 5.53. The summed E-state index contributed by atoms with van der Waals surface area (Å²) < 4.78 is 15.8. The number of hydrogen-bond acceptors (Lipinski definition) is 4. The van der Waals surface area contributed by atoms with Crippen molar-refractivity contribution < 1.29 is 19.0 Å². The fraction of sp³-hybridized carbons (Fsp3) is 0.438. The number of rotatable bonds is 7. The van der Waals surface area contributed by atoms with Gasteiger partial charge in [-0.2, -0.15) is 0 Å². The molecule has 0 aromatic heterocycles. The smallest absolute Gasteiger partial charge is 0.330 e. The van der Waals surface area contributed by atoms with Gasteiger partial charge in [-0.3, -0.25) is 0 Å². The van der Waals surface area contributed by atoms with Crippen molar-refractivity contribution in [2.24, 2.45) is 5.92 Å². The molecule has 0 amide bonds. The van der Waals surface area contributed by atoms with Gasteiger partial charge >= 0.3 is 5.97 Å². The third-order valence-corrected chi connectivity index (χ3v) is 2.46. The minimum absolute atomic E-state index is 0.355. The standard InChI is InChI=1S/C16H22O4/c1-5-19-16(17)9-7-13-6-8-14(15(10-13)18-4)20-11-12(2)3/h6-10,12H,5,11H2,1-4H3/b9-7+. The topological polar surface area (TPSA) is 44.8 Å². The third kappa shape index (κ3) is 5.34. The SMILES string of the molecule is CCOC(=O)/C=C/c1ccc(OCC(C)C)c(OC)c1. The van der Waals surface area contributed by atoms with E-state index in [4.69, 9.17) is 14.2 Å². The van der Waals surface area contributed by atoms with Crippen molar-refractivity contribution in [3.8, 4) is 11.5 Å². The maximum atomic E-state index is 11.3. The Morgan fingerprint density at radius 3 is 2.65 bits per heavy atom. The quantitative estimate of drug-likeness (QED) is 0.567. The summed E-state index contributed by atoms with van der Waals surface area (Å²) in [7, 11) is 1.59. The molecule has 0 aliphatic rings. The summed E-state index contributed by atoms with van der Waals surface area (Å²) in [5.74, 6) is 1.45. The summed E-state index contributed by atoms with van der Waals surface area (Å²) in [4.78, 5) is 11.3. The highest BCUT2D eigenvalue weighted by Crippen LogP contribution is 2.28. The van der Waals surface area contributed by atoms with E-state index >= 15 is 0 Å². The number of esters is 1. The summed E-state index contributed by atoms with van der Waals surface area (Å²) in [6.07, 6.45) is 3.08. The molecule has 0 unspecified atom stereocenters. The molecular formula is C16H22O4. The first-order valence-corrected chi connectivity index (χ1v) is 6.72. The predicted molar refractivity (Wildman–Crippen MR) is 79.0 cm³/mol. The van der Waals surface area contributed by atoms with Gasteiger partial charge < -0.3 is 14.2 Å². The first-order chi connectivity index (χ1) is 9.56. The molecule has 0 spiro atoms. The predicted octanol–water partition coefficient (Wildman–Crippen LogP) is 3.31. The van der Waals surface area contributed by atoms with E-state index in [9.17, 15) is 4.79 Å². The van der Waals surface area contributed by atoms with E-state index in [2.05, 4.69) is 13.8 Å². The largest absolute Gasteiger partial charge is 0.493 e. The third-order valence-electron chi connectivity index (χ3n) is 2.46. The summed E-state index contributed by atoms with van der Waals surface area (Å²) in [6.45, 7) is 6.95. The monoisotopic (exact) mass is 278 g/mol. The minimum atomic E-state index is -0.355. The van der Waals surface area contributed by atoms with Crippen molar-refractivity contribution in [2.45, 2.75) is 20.8 Å².